The zero-order chi connectivity index (χ0) is 8.91. The van der Waals surface area contributed by atoms with Crippen LogP contribution in [-0.2, 0) is 4.74 Å². The van der Waals surface area contributed by atoms with Crippen LogP contribution >= 0.6 is 0 Å². The molecule has 0 spiro atoms. The minimum absolute atomic E-state index is 0.115. The van der Waals surface area contributed by atoms with Crippen LogP contribution in [0.3, 0.4) is 0 Å². The highest BCUT2D eigenvalue weighted by Gasteiger charge is 2.15. The molecule has 0 aliphatic heterocycles. The highest BCUT2D eigenvalue weighted by molar-refractivity contribution is 5.01. The number of hydrogen-bond acceptors (Lipinski definition) is 2. The maximum atomic E-state index is 8.59. The molecular formula is C9H18O2. The lowest BCUT2D eigenvalue weighted by Crippen LogP contribution is -2.22. The van der Waals surface area contributed by atoms with E-state index in [0.29, 0.717) is 0 Å². The van der Waals surface area contributed by atoms with Gasteiger partial charge in [-0.05, 0) is 27.2 Å². The quantitative estimate of drug-likeness (QED) is 0.631. The summed E-state index contributed by atoms with van der Waals surface area (Å²) >= 11 is 0. The lowest BCUT2D eigenvalue weighted by Gasteiger charge is -2.22. The Hall–Kier alpha value is -0.340. The predicted octanol–water partition coefficient (Wildman–Crippen LogP) is 1.74. The number of aliphatic hydroxyl groups excluding tert-OH is 1. The largest absolute Gasteiger partial charge is 0.392 e. The molecule has 2 nitrogen and oxygen atoms in total. The van der Waals surface area contributed by atoms with Crippen molar-refractivity contribution in [3.05, 3.63) is 11.6 Å². The molecule has 0 fully saturated rings. The van der Waals surface area contributed by atoms with Gasteiger partial charge in [0.1, 0.15) is 0 Å². The molecule has 0 atom stereocenters. The third-order valence-corrected chi connectivity index (χ3v) is 1.70. The van der Waals surface area contributed by atoms with Crippen LogP contribution < -0.4 is 0 Å². The standard InChI is InChI=1S/C9H18O2/c1-8(5-6-10)7-9(2,3)11-4/h5,10H,6-7H2,1-4H3/b8-5+. The molecule has 0 heterocycles. The first-order valence-corrected chi connectivity index (χ1v) is 3.83. The van der Waals surface area contributed by atoms with Gasteiger partial charge in [0.15, 0.2) is 0 Å². The Kier molecular flexibility index (Phi) is 4.38. The molecule has 11 heavy (non-hydrogen) atoms. The van der Waals surface area contributed by atoms with Gasteiger partial charge in [0.05, 0.1) is 12.2 Å². The van der Waals surface area contributed by atoms with E-state index in [2.05, 4.69) is 0 Å². The maximum absolute atomic E-state index is 8.59. The average molecular weight is 158 g/mol. The van der Waals surface area contributed by atoms with E-state index in [-0.39, 0.29) is 12.2 Å². The van der Waals surface area contributed by atoms with Crippen LogP contribution in [0.15, 0.2) is 11.6 Å². The van der Waals surface area contributed by atoms with Crippen molar-refractivity contribution in [2.75, 3.05) is 13.7 Å². The molecule has 0 aliphatic rings. The maximum Gasteiger partial charge on any atom is 0.0659 e. The molecule has 0 aromatic heterocycles. The van der Waals surface area contributed by atoms with Gasteiger partial charge in [0.2, 0.25) is 0 Å². The number of ether oxygens (including phenoxy) is 1. The smallest absolute Gasteiger partial charge is 0.0659 e. The van der Waals surface area contributed by atoms with Crippen molar-refractivity contribution in [2.24, 2.45) is 0 Å². The first kappa shape index (κ1) is 10.7. The van der Waals surface area contributed by atoms with Crippen molar-refractivity contribution >= 4 is 0 Å². The van der Waals surface area contributed by atoms with Gasteiger partial charge in [0, 0.05) is 7.11 Å². The number of methoxy groups -OCH3 is 1. The van der Waals surface area contributed by atoms with Crippen molar-refractivity contribution in [1.29, 1.82) is 0 Å². The second kappa shape index (κ2) is 4.52. The topological polar surface area (TPSA) is 29.5 Å². The highest BCUT2D eigenvalue weighted by Crippen LogP contribution is 2.18. The molecule has 0 aliphatic carbocycles. The van der Waals surface area contributed by atoms with Crippen LogP contribution in [0.4, 0.5) is 0 Å². The first-order chi connectivity index (χ1) is 5.02. The summed E-state index contributed by atoms with van der Waals surface area (Å²) in [6.45, 7) is 6.17. The van der Waals surface area contributed by atoms with Gasteiger partial charge in [-0.2, -0.15) is 0 Å². The van der Waals surface area contributed by atoms with Gasteiger partial charge < -0.3 is 9.84 Å². The zero-order valence-corrected chi connectivity index (χ0v) is 7.85. The fourth-order valence-corrected chi connectivity index (χ4v) is 0.972. The Morgan fingerprint density at radius 3 is 2.45 bits per heavy atom. The number of hydrogen-bond donors (Lipinski definition) is 1. The normalized spacial score (nSPS) is 13.7. The summed E-state index contributed by atoms with van der Waals surface area (Å²) in [7, 11) is 1.70. The van der Waals surface area contributed by atoms with Gasteiger partial charge >= 0.3 is 0 Å². The molecule has 0 rings (SSSR count). The van der Waals surface area contributed by atoms with Crippen molar-refractivity contribution in [3.63, 3.8) is 0 Å². The molecule has 0 aromatic carbocycles. The van der Waals surface area contributed by atoms with E-state index in [9.17, 15) is 0 Å². The SMILES string of the molecule is COC(C)(C)C/C(C)=C/CO. The lowest BCUT2D eigenvalue weighted by atomic mass is 9.99. The molecule has 1 N–H and O–H groups in total. The minimum atomic E-state index is -0.115. The van der Waals surface area contributed by atoms with Gasteiger partial charge in [-0.3, -0.25) is 0 Å². The summed E-state index contributed by atoms with van der Waals surface area (Å²) in [6, 6.07) is 0. The molecule has 66 valence electrons. The molecular weight excluding hydrogens is 140 g/mol. The molecule has 2 heteroatoms. The van der Waals surface area contributed by atoms with Crippen molar-refractivity contribution in [2.45, 2.75) is 32.8 Å². The molecule has 0 saturated heterocycles. The average Bonchev–Trinajstić information content (AvgIpc) is 1.87. The van der Waals surface area contributed by atoms with E-state index in [1.807, 2.05) is 20.8 Å². The molecule has 0 bridgehead atoms. The Labute approximate surface area is 68.9 Å². The van der Waals surface area contributed by atoms with E-state index >= 15 is 0 Å². The van der Waals surface area contributed by atoms with Crippen LogP contribution in [0.2, 0.25) is 0 Å². The van der Waals surface area contributed by atoms with Gasteiger partial charge in [-0.1, -0.05) is 11.6 Å². The van der Waals surface area contributed by atoms with E-state index in [4.69, 9.17) is 9.84 Å². The van der Waals surface area contributed by atoms with Crippen LogP contribution in [0, 0.1) is 0 Å². The summed E-state index contributed by atoms with van der Waals surface area (Å²) in [4.78, 5) is 0. The lowest BCUT2D eigenvalue weighted by molar-refractivity contribution is 0.0231. The second-order valence-corrected chi connectivity index (χ2v) is 3.37. The Morgan fingerprint density at radius 2 is 2.09 bits per heavy atom. The zero-order valence-electron chi connectivity index (χ0n) is 7.85. The Morgan fingerprint density at radius 1 is 1.55 bits per heavy atom. The Balaban J connectivity index is 3.92. The van der Waals surface area contributed by atoms with Gasteiger partial charge in [-0.15, -0.1) is 0 Å². The van der Waals surface area contributed by atoms with E-state index in [1.165, 1.54) is 5.57 Å². The van der Waals surface area contributed by atoms with E-state index < -0.39 is 0 Å². The van der Waals surface area contributed by atoms with Crippen molar-refractivity contribution < 1.29 is 9.84 Å². The molecule has 0 radical (unpaired) electrons. The summed E-state index contributed by atoms with van der Waals surface area (Å²) in [5, 5.41) is 8.59. The molecule has 0 unspecified atom stereocenters. The monoisotopic (exact) mass is 158 g/mol. The molecule has 0 amide bonds. The van der Waals surface area contributed by atoms with Crippen LogP contribution in [-0.4, -0.2) is 24.4 Å². The van der Waals surface area contributed by atoms with Crippen LogP contribution in [0.25, 0.3) is 0 Å². The van der Waals surface area contributed by atoms with E-state index in [0.717, 1.165) is 6.42 Å². The van der Waals surface area contributed by atoms with Crippen LogP contribution in [0.1, 0.15) is 27.2 Å². The molecule has 0 aromatic rings. The number of aliphatic hydroxyl groups is 1. The second-order valence-electron chi connectivity index (χ2n) is 3.37. The van der Waals surface area contributed by atoms with Gasteiger partial charge in [-0.25, -0.2) is 0 Å². The summed E-state index contributed by atoms with van der Waals surface area (Å²) in [5.41, 5.74) is 1.05. The third kappa shape index (κ3) is 4.99. The summed E-state index contributed by atoms with van der Waals surface area (Å²) < 4.78 is 5.23. The highest BCUT2D eigenvalue weighted by atomic mass is 16.5. The van der Waals surface area contributed by atoms with Crippen LogP contribution in [0.5, 0.6) is 0 Å². The minimum Gasteiger partial charge on any atom is -0.392 e. The fourth-order valence-electron chi connectivity index (χ4n) is 0.972. The van der Waals surface area contributed by atoms with Crippen molar-refractivity contribution in [3.8, 4) is 0 Å². The number of rotatable bonds is 4. The van der Waals surface area contributed by atoms with Gasteiger partial charge in [0.25, 0.3) is 0 Å². The van der Waals surface area contributed by atoms with E-state index in [1.54, 1.807) is 13.2 Å². The summed E-state index contributed by atoms with van der Waals surface area (Å²) in [6.07, 6.45) is 2.67. The predicted molar refractivity (Wildman–Crippen MR) is 46.5 cm³/mol. The summed E-state index contributed by atoms with van der Waals surface area (Å²) in [5.74, 6) is 0. The molecule has 0 saturated carbocycles. The van der Waals surface area contributed by atoms with Crippen molar-refractivity contribution in [1.82, 2.24) is 0 Å². The third-order valence-electron chi connectivity index (χ3n) is 1.70. The Bertz CT molecular complexity index is 136. The fraction of sp³-hybridized carbons (Fsp3) is 0.778. The first-order valence-electron chi connectivity index (χ1n) is 3.83.